The van der Waals surface area contributed by atoms with Crippen molar-refractivity contribution < 1.29 is 9.63 Å². The summed E-state index contributed by atoms with van der Waals surface area (Å²) in [6.07, 6.45) is 1.77. The highest BCUT2D eigenvalue weighted by Gasteiger charge is 2.02. The van der Waals surface area contributed by atoms with Gasteiger partial charge in [-0.05, 0) is 41.6 Å². The van der Waals surface area contributed by atoms with Gasteiger partial charge in [-0.2, -0.15) is 0 Å². The summed E-state index contributed by atoms with van der Waals surface area (Å²) < 4.78 is 1.12. The SMILES string of the molecule is CCON=CCC(=O)c1ccc(I)cc1. The molecule has 0 unspecified atom stereocenters. The fourth-order valence-electron chi connectivity index (χ4n) is 1.00. The van der Waals surface area contributed by atoms with E-state index in [4.69, 9.17) is 4.84 Å². The molecule has 0 saturated carbocycles. The summed E-state index contributed by atoms with van der Waals surface area (Å²) in [5.41, 5.74) is 0.707. The van der Waals surface area contributed by atoms with E-state index in [1.54, 1.807) is 0 Å². The van der Waals surface area contributed by atoms with E-state index in [0.29, 0.717) is 12.2 Å². The van der Waals surface area contributed by atoms with E-state index in [1.807, 2.05) is 31.2 Å². The Morgan fingerprint density at radius 2 is 2.13 bits per heavy atom. The van der Waals surface area contributed by atoms with Crippen molar-refractivity contribution >= 4 is 34.6 Å². The summed E-state index contributed by atoms with van der Waals surface area (Å²) in [7, 11) is 0. The number of nitrogens with zero attached hydrogens (tertiary/aromatic N) is 1. The molecular formula is C11H12INO2. The van der Waals surface area contributed by atoms with Crippen LogP contribution in [0, 0.1) is 3.57 Å². The van der Waals surface area contributed by atoms with Crippen molar-refractivity contribution in [2.45, 2.75) is 13.3 Å². The first-order valence-corrected chi connectivity index (χ1v) is 5.74. The molecule has 0 saturated heterocycles. The van der Waals surface area contributed by atoms with Gasteiger partial charge >= 0.3 is 0 Å². The highest BCUT2D eigenvalue weighted by atomic mass is 127. The predicted molar refractivity (Wildman–Crippen MR) is 68.2 cm³/mol. The molecular weight excluding hydrogens is 305 g/mol. The summed E-state index contributed by atoms with van der Waals surface area (Å²) in [6.45, 7) is 2.37. The van der Waals surface area contributed by atoms with Crippen LogP contribution in [-0.4, -0.2) is 18.6 Å². The van der Waals surface area contributed by atoms with E-state index >= 15 is 0 Å². The fraction of sp³-hybridized carbons (Fsp3) is 0.273. The van der Waals surface area contributed by atoms with E-state index in [2.05, 4.69) is 27.7 Å². The van der Waals surface area contributed by atoms with Gasteiger partial charge in [-0.1, -0.05) is 17.3 Å². The minimum Gasteiger partial charge on any atom is -0.396 e. The molecule has 80 valence electrons. The molecule has 0 heterocycles. The lowest BCUT2D eigenvalue weighted by Gasteiger charge is -1.97. The van der Waals surface area contributed by atoms with Crippen LogP contribution in [0.15, 0.2) is 29.4 Å². The van der Waals surface area contributed by atoms with Crippen LogP contribution in [0.1, 0.15) is 23.7 Å². The number of ketones is 1. The molecule has 1 aromatic rings. The zero-order valence-electron chi connectivity index (χ0n) is 8.44. The molecule has 0 amide bonds. The predicted octanol–water partition coefficient (Wildman–Crippen LogP) is 2.89. The second kappa shape index (κ2) is 6.55. The number of hydrogen-bond acceptors (Lipinski definition) is 3. The number of halogens is 1. The third-order valence-corrected chi connectivity index (χ3v) is 2.44. The highest BCUT2D eigenvalue weighted by molar-refractivity contribution is 14.1. The third-order valence-electron chi connectivity index (χ3n) is 1.72. The fourth-order valence-corrected chi connectivity index (χ4v) is 1.36. The van der Waals surface area contributed by atoms with Gasteiger partial charge in [0.15, 0.2) is 5.78 Å². The Labute approximate surface area is 103 Å². The normalized spacial score (nSPS) is 10.5. The second-order valence-electron chi connectivity index (χ2n) is 2.84. The third kappa shape index (κ3) is 4.42. The van der Waals surface area contributed by atoms with Crippen molar-refractivity contribution in [3.8, 4) is 0 Å². The first-order chi connectivity index (χ1) is 7.24. The van der Waals surface area contributed by atoms with Crippen LogP contribution in [0.2, 0.25) is 0 Å². The monoisotopic (exact) mass is 317 g/mol. The number of hydrogen-bond donors (Lipinski definition) is 0. The summed E-state index contributed by atoms with van der Waals surface area (Å²) in [6, 6.07) is 7.46. The molecule has 0 radical (unpaired) electrons. The van der Waals surface area contributed by atoms with Crippen LogP contribution in [0.5, 0.6) is 0 Å². The van der Waals surface area contributed by atoms with Crippen LogP contribution < -0.4 is 0 Å². The lowest BCUT2D eigenvalue weighted by atomic mass is 10.1. The maximum atomic E-state index is 11.6. The molecule has 4 heteroatoms. The first kappa shape index (κ1) is 12.2. The van der Waals surface area contributed by atoms with Gasteiger partial charge in [0.05, 0.1) is 6.21 Å². The Hall–Kier alpha value is -0.910. The van der Waals surface area contributed by atoms with Crippen molar-refractivity contribution in [3.63, 3.8) is 0 Å². The Morgan fingerprint density at radius 1 is 1.47 bits per heavy atom. The number of carbonyl (C=O) groups is 1. The Kier molecular flexibility index (Phi) is 5.31. The summed E-state index contributed by atoms with van der Waals surface area (Å²) in [5.74, 6) is 0.0508. The lowest BCUT2D eigenvalue weighted by Crippen LogP contribution is -1.99. The molecule has 1 aromatic carbocycles. The van der Waals surface area contributed by atoms with Crippen LogP contribution in [0.25, 0.3) is 0 Å². The van der Waals surface area contributed by atoms with E-state index in [9.17, 15) is 4.79 Å². The minimum atomic E-state index is 0.0508. The number of benzene rings is 1. The summed E-state index contributed by atoms with van der Waals surface area (Å²) in [5, 5.41) is 3.63. The van der Waals surface area contributed by atoms with Crippen molar-refractivity contribution in [2.75, 3.05) is 6.61 Å². The number of carbonyl (C=O) groups excluding carboxylic acids is 1. The van der Waals surface area contributed by atoms with Gasteiger partial charge in [0.25, 0.3) is 0 Å². The number of rotatable bonds is 5. The topological polar surface area (TPSA) is 38.7 Å². The van der Waals surface area contributed by atoms with Crippen molar-refractivity contribution in [2.24, 2.45) is 5.16 Å². The van der Waals surface area contributed by atoms with E-state index in [1.165, 1.54) is 6.21 Å². The van der Waals surface area contributed by atoms with Gasteiger partial charge < -0.3 is 4.84 Å². The van der Waals surface area contributed by atoms with E-state index in [0.717, 1.165) is 3.57 Å². The van der Waals surface area contributed by atoms with Crippen molar-refractivity contribution in [1.82, 2.24) is 0 Å². The van der Waals surface area contributed by atoms with E-state index < -0.39 is 0 Å². The smallest absolute Gasteiger partial charge is 0.168 e. The average molecular weight is 317 g/mol. The summed E-state index contributed by atoms with van der Waals surface area (Å²) >= 11 is 2.20. The largest absolute Gasteiger partial charge is 0.396 e. The highest BCUT2D eigenvalue weighted by Crippen LogP contribution is 2.08. The van der Waals surface area contributed by atoms with E-state index in [-0.39, 0.29) is 12.2 Å². The number of oxime groups is 1. The van der Waals surface area contributed by atoms with Crippen LogP contribution in [0.3, 0.4) is 0 Å². The molecule has 0 spiro atoms. The molecule has 0 aliphatic heterocycles. The Bertz CT molecular complexity index is 346. The molecule has 0 N–H and O–H groups in total. The second-order valence-corrected chi connectivity index (χ2v) is 4.09. The summed E-state index contributed by atoms with van der Waals surface area (Å²) in [4.78, 5) is 16.3. The molecule has 0 bridgehead atoms. The molecule has 0 aliphatic rings. The van der Waals surface area contributed by atoms with Gasteiger partial charge in [-0.15, -0.1) is 0 Å². The van der Waals surface area contributed by atoms with Crippen LogP contribution >= 0.6 is 22.6 Å². The van der Waals surface area contributed by atoms with Crippen molar-refractivity contribution in [1.29, 1.82) is 0 Å². The maximum Gasteiger partial charge on any atom is 0.168 e. The number of Topliss-reactive ketones (excluding diaryl/α,β-unsaturated/α-hetero) is 1. The zero-order chi connectivity index (χ0) is 11.1. The van der Waals surface area contributed by atoms with Crippen LogP contribution in [0.4, 0.5) is 0 Å². The zero-order valence-corrected chi connectivity index (χ0v) is 10.6. The van der Waals surface area contributed by atoms with Gasteiger partial charge in [-0.25, -0.2) is 0 Å². The molecule has 0 atom stereocenters. The molecule has 0 fully saturated rings. The molecule has 15 heavy (non-hydrogen) atoms. The van der Waals surface area contributed by atoms with Crippen molar-refractivity contribution in [3.05, 3.63) is 33.4 Å². The van der Waals surface area contributed by atoms with Gasteiger partial charge in [0.2, 0.25) is 0 Å². The maximum absolute atomic E-state index is 11.6. The first-order valence-electron chi connectivity index (χ1n) is 4.66. The van der Waals surface area contributed by atoms with Gasteiger partial charge in [-0.3, -0.25) is 4.79 Å². The Morgan fingerprint density at radius 3 is 2.73 bits per heavy atom. The Balaban J connectivity index is 2.50. The van der Waals surface area contributed by atoms with Gasteiger partial charge in [0, 0.05) is 15.6 Å². The lowest BCUT2D eigenvalue weighted by molar-refractivity contribution is 0.0998. The molecule has 0 aromatic heterocycles. The molecule has 1 rings (SSSR count). The van der Waals surface area contributed by atoms with Crippen LogP contribution in [-0.2, 0) is 4.84 Å². The standard InChI is InChI=1S/C11H12INO2/c1-2-15-13-8-7-11(14)9-3-5-10(12)6-4-9/h3-6,8H,2,7H2,1H3. The quantitative estimate of drug-likeness (QED) is 0.362. The molecule has 3 nitrogen and oxygen atoms in total. The molecule has 0 aliphatic carbocycles. The van der Waals surface area contributed by atoms with Gasteiger partial charge in [0.1, 0.15) is 6.61 Å². The minimum absolute atomic E-state index is 0.0508. The average Bonchev–Trinajstić information content (AvgIpc) is 2.25.